The normalized spacial score (nSPS) is 40.6. The van der Waals surface area contributed by atoms with Gasteiger partial charge in [0, 0.05) is 12.8 Å². The predicted octanol–water partition coefficient (Wildman–Crippen LogP) is 0.557. The molecule has 0 aromatic rings. The summed E-state index contributed by atoms with van der Waals surface area (Å²) in [6.07, 6.45) is 3.24. The monoisotopic (exact) mass is 239 g/mol. The van der Waals surface area contributed by atoms with Gasteiger partial charge in [-0.25, -0.2) is 0 Å². The number of fused-ring (bicyclic) bond motifs is 1. The summed E-state index contributed by atoms with van der Waals surface area (Å²) >= 11 is 0. The highest BCUT2D eigenvalue weighted by Gasteiger charge is 2.52. The molecule has 1 N–H and O–H groups in total. The van der Waals surface area contributed by atoms with Crippen LogP contribution < -0.4 is 0 Å². The molecule has 3 unspecified atom stereocenters. The van der Waals surface area contributed by atoms with E-state index in [-0.39, 0.29) is 18.8 Å². The number of aldehydes is 1. The van der Waals surface area contributed by atoms with E-state index in [9.17, 15) is 9.90 Å². The molecule has 0 aromatic carbocycles. The number of nitrogens with zero attached hydrogens (tertiary/aromatic N) is 1. The van der Waals surface area contributed by atoms with Crippen LogP contribution in [0.5, 0.6) is 0 Å². The SMILES string of the molecule is N#CCCC1CCC2O[C@@H](C=O)CC2(CO)O1. The smallest absolute Gasteiger partial charge is 0.148 e. The summed E-state index contributed by atoms with van der Waals surface area (Å²) in [5.74, 6) is 0. The highest BCUT2D eigenvalue weighted by Crippen LogP contribution is 2.41. The van der Waals surface area contributed by atoms with Crippen LogP contribution >= 0.6 is 0 Å². The molecule has 2 saturated heterocycles. The van der Waals surface area contributed by atoms with E-state index in [0.29, 0.717) is 19.3 Å². The van der Waals surface area contributed by atoms with E-state index >= 15 is 0 Å². The summed E-state index contributed by atoms with van der Waals surface area (Å²) in [5.41, 5.74) is -0.732. The Hall–Kier alpha value is -0.960. The van der Waals surface area contributed by atoms with E-state index in [0.717, 1.165) is 19.1 Å². The van der Waals surface area contributed by atoms with Crippen LogP contribution in [0.1, 0.15) is 32.1 Å². The number of hydrogen-bond donors (Lipinski definition) is 1. The lowest BCUT2D eigenvalue weighted by Crippen LogP contribution is -2.51. The molecule has 5 nitrogen and oxygen atoms in total. The van der Waals surface area contributed by atoms with Gasteiger partial charge in [-0.15, -0.1) is 0 Å². The van der Waals surface area contributed by atoms with Gasteiger partial charge in [0.1, 0.15) is 18.0 Å². The molecule has 2 heterocycles. The van der Waals surface area contributed by atoms with Gasteiger partial charge in [0.15, 0.2) is 0 Å². The highest BCUT2D eigenvalue weighted by molar-refractivity contribution is 5.57. The first-order valence-corrected chi connectivity index (χ1v) is 6.00. The van der Waals surface area contributed by atoms with Crippen molar-refractivity contribution in [2.45, 2.75) is 56.0 Å². The van der Waals surface area contributed by atoms with Crippen LogP contribution in [0.3, 0.4) is 0 Å². The lowest BCUT2D eigenvalue weighted by Gasteiger charge is -2.40. The number of nitriles is 1. The second-order valence-corrected chi connectivity index (χ2v) is 4.74. The molecule has 2 aliphatic rings. The van der Waals surface area contributed by atoms with Crippen molar-refractivity contribution in [3.05, 3.63) is 0 Å². The van der Waals surface area contributed by atoms with Gasteiger partial charge in [-0.1, -0.05) is 0 Å². The van der Waals surface area contributed by atoms with Crippen molar-refractivity contribution in [3.63, 3.8) is 0 Å². The minimum Gasteiger partial charge on any atom is -0.393 e. The Morgan fingerprint density at radius 1 is 1.53 bits per heavy atom. The van der Waals surface area contributed by atoms with Crippen LogP contribution in [-0.4, -0.2) is 41.9 Å². The largest absolute Gasteiger partial charge is 0.393 e. The Morgan fingerprint density at radius 3 is 3.00 bits per heavy atom. The maximum atomic E-state index is 10.8. The zero-order chi connectivity index (χ0) is 12.3. The second kappa shape index (κ2) is 5.13. The molecule has 0 amide bonds. The molecule has 0 spiro atoms. The van der Waals surface area contributed by atoms with E-state index in [1.807, 2.05) is 0 Å². The maximum absolute atomic E-state index is 10.8. The molecule has 0 radical (unpaired) electrons. The Bertz CT molecular complexity index is 327. The fourth-order valence-electron chi connectivity index (χ4n) is 2.75. The first kappa shape index (κ1) is 12.5. The number of rotatable bonds is 4. The fraction of sp³-hybridized carbons (Fsp3) is 0.833. The Labute approximate surface area is 100 Å². The van der Waals surface area contributed by atoms with E-state index in [4.69, 9.17) is 14.7 Å². The third-order valence-corrected chi connectivity index (χ3v) is 3.62. The zero-order valence-corrected chi connectivity index (χ0v) is 9.67. The standard InChI is InChI=1S/C12H17NO4/c13-5-1-2-9-3-4-11-12(8-15,17-9)6-10(7-14)16-11/h7,9-11,15H,1-4,6,8H2/t9?,10-,11?,12?/m1/s1. The van der Waals surface area contributed by atoms with Crippen LogP contribution in [0, 0.1) is 11.3 Å². The number of carbonyl (C=O) groups excluding carboxylic acids is 1. The van der Waals surface area contributed by atoms with Gasteiger partial charge in [0.05, 0.1) is 24.9 Å². The molecule has 4 atom stereocenters. The van der Waals surface area contributed by atoms with Gasteiger partial charge >= 0.3 is 0 Å². The average molecular weight is 239 g/mol. The van der Waals surface area contributed by atoms with Gasteiger partial charge in [-0.2, -0.15) is 5.26 Å². The Balaban J connectivity index is 2.03. The van der Waals surface area contributed by atoms with Crippen LogP contribution in [0.25, 0.3) is 0 Å². The van der Waals surface area contributed by atoms with E-state index in [1.54, 1.807) is 0 Å². The number of aliphatic hydroxyl groups excluding tert-OH is 1. The van der Waals surface area contributed by atoms with Crippen molar-refractivity contribution in [2.24, 2.45) is 0 Å². The first-order valence-electron chi connectivity index (χ1n) is 6.00. The Morgan fingerprint density at radius 2 is 2.35 bits per heavy atom. The van der Waals surface area contributed by atoms with Crippen LogP contribution in [0.4, 0.5) is 0 Å². The lowest BCUT2D eigenvalue weighted by atomic mass is 9.86. The quantitative estimate of drug-likeness (QED) is 0.725. The molecule has 5 heteroatoms. The summed E-state index contributed by atoms with van der Waals surface area (Å²) in [5, 5.41) is 18.1. The summed E-state index contributed by atoms with van der Waals surface area (Å²) < 4.78 is 11.4. The van der Waals surface area contributed by atoms with Crippen molar-refractivity contribution in [2.75, 3.05) is 6.61 Å². The third-order valence-electron chi connectivity index (χ3n) is 3.62. The van der Waals surface area contributed by atoms with Crippen molar-refractivity contribution < 1.29 is 19.4 Å². The van der Waals surface area contributed by atoms with Crippen molar-refractivity contribution in [3.8, 4) is 6.07 Å². The second-order valence-electron chi connectivity index (χ2n) is 4.74. The van der Waals surface area contributed by atoms with Gasteiger partial charge < -0.3 is 19.4 Å². The minimum atomic E-state index is -0.732. The van der Waals surface area contributed by atoms with Crippen molar-refractivity contribution >= 4 is 6.29 Å². The van der Waals surface area contributed by atoms with Crippen molar-refractivity contribution in [1.82, 2.24) is 0 Å². The molecule has 94 valence electrons. The summed E-state index contributed by atoms with van der Waals surface area (Å²) in [4.78, 5) is 10.8. The predicted molar refractivity (Wildman–Crippen MR) is 58.1 cm³/mol. The molecule has 17 heavy (non-hydrogen) atoms. The van der Waals surface area contributed by atoms with Gasteiger partial charge in [-0.05, 0) is 19.3 Å². The minimum absolute atomic E-state index is 0.00736. The summed E-state index contributed by atoms with van der Waals surface area (Å²) in [6, 6.07) is 2.10. The first-order chi connectivity index (χ1) is 8.24. The molecule has 0 aromatic heterocycles. The van der Waals surface area contributed by atoms with Crippen LogP contribution in [0.15, 0.2) is 0 Å². The molecule has 2 aliphatic heterocycles. The molecule has 0 saturated carbocycles. The number of ether oxygens (including phenoxy) is 2. The van der Waals surface area contributed by atoms with E-state index in [1.165, 1.54) is 0 Å². The molecule has 0 aliphatic carbocycles. The van der Waals surface area contributed by atoms with Gasteiger partial charge in [0.25, 0.3) is 0 Å². The Kier molecular flexibility index (Phi) is 3.77. The maximum Gasteiger partial charge on any atom is 0.148 e. The van der Waals surface area contributed by atoms with Crippen LogP contribution in [0.2, 0.25) is 0 Å². The topological polar surface area (TPSA) is 79.5 Å². The molecule has 2 fully saturated rings. The van der Waals surface area contributed by atoms with Crippen molar-refractivity contribution in [1.29, 1.82) is 5.26 Å². The fourth-order valence-corrected chi connectivity index (χ4v) is 2.75. The van der Waals surface area contributed by atoms with Crippen LogP contribution in [-0.2, 0) is 14.3 Å². The summed E-state index contributed by atoms with van der Waals surface area (Å²) in [7, 11) is 0. The molecule has 2 rings (SSSR count). The summed E-state index contributed by atoms with van der Waals surface area (Å²) in [6.45, 7) is -0.134. The van der Waals surface area contributed by atoms with Gasteiger partial charge in [-0.3, -0.25) is 0 Å². The van der Waals surface area contributed by atoms with E-state index in [2.05, 4.69) is 6.07 Å². The molecule has 0 bridgehead atoms. The van der Waals surface area contributed by atoms with E-state index < -0.39 is 11.7 Å². The molecular weight excluding hydrogens is 222 g/mol. The number of carbonyl (C=O) groups is 1. The average Bonchev–Trinajstić information content (AvgIpc) is 2.74. The lowest BCUT2D eigenvalue weighted by molar-refractivity contribution is -0.183. The number of aliphatic hydroxyl groups is 1. The number of hydrogen-bond acceptors (Lipinski definition) is 5. The third kappa shape index (κ3) is 2.34. The zero-order valence-electron chi connectivity index (χ0n) is 9.67. The highest BCUT2D eigenvalue weighted by atomic mass is 16.6. The van der Waals surface area contributed by atoms with Gasteiger partial charge in [0.2, 0.25) is 0 Å². The molecular formula is C12H17NO4.